The zero-order valence-electron chi connectivity index (χ0n) is 10.3. The Bertz CT molecular complexity index is 674. The molecule has 1 aliphatic heterocycles. The van der Waals surface area contributed by atoms with Gasteiger partial charge in [0, 0.05) is 29.4 Å². The molecule has 0 saturated carbocycles. The summed E-state index contributed by atoms with van der Waals surface area (Å²) in [5.41, 5.74) is 4.59. The van der Waals surface area contributed by atoms with E-state index in [-0.39, 0.29) is 0 Å². The largest absolute Gasteiger partial charge is 0.346 e. The summed E-state index contributed by atoms with van der Waals surface area (Å²) in [6.07, 6.45) is 3.08. The van der Waals surface area contributed by atoms with Gasteiger partial charge in [0.05, 0.1) is 5.56 Å². The van der Waals surface area contributed by atoms with E-state index in [0.29, 0.717) is 0 Å². The Morgan fingerprint density at radius 2 is 2.33 bits per heavy atom. The SMILES string of the molecule is CCn1cc(C#N)c2cc(C3=CSCC3)ccc21. The minimum absolute atomic E-state index is 0.778. The second kappa shape index (κ2) is 4.55. The third-order valence-corrected chi connectivity index (χ3v) is 4.32. The van der Waals surface area contributed by atoms with Crippen molar-refractivity contribution in [2.24, 2.45) is 0 Å². The van der Waals surface area contributed by atoms with Crippen molar-refractivity contribution >= 4 is 28.2 Å². The molecule has 0 radical (unpaired) electrons. The first kappa shape index (κ1) is 11.4. The minimum Gasteiger partial charge on any atom is -0.346 e. The summed E-state index contributed by atoms with van der Waals surface area (Å²) >= 11 is 1.87. The summed E-state index contributed by atoms with van der Waals surface area (Å²) in [4.78, 5) is 0. The first-order valence-electron chi connectivity index (χ1n) is 6.17. The van der Waals surface area contributed by atoms with Gasteiger partial charge in [-0.2, -0.15) is 5.26 Å². The average molecular weight is 254 g/mol. The molecule has 0 atom stereocenters. The van der Waals surface area contributed by atoms with Gasteiger partial charge in [0.15, 0.2) is 0 Å². The number of thioether (sulfide) groups is 1. The van der Waals surface area contributed by atoms with E-state index < -0.39 is 0 Å². The number of benzene rings is 1. The second-order valence-electron chi connectivity index (χ2n) is 4.44. The van der Waals surface area contributed by atoms with Crippen LogP contribution in [0.15, 0.2) is 29.8 Å². The Balaban J connectivity index is 2.19. The lowest BCUT2D eigenvalue weighted by Crippen LogP contribution is -1.90. The van der Waals surface area contributed by atoms with Crippen molar-refractivity contribution in [3.63, 3.8) is 0 Å². The molecule has 3 rings (SSSR count). The van der Waals surface area contributed by atoms with E-state index in [4.69, 9.17) is 0 Å². The van der Waals surface area contributed by atoms with E-state index in [1.165, 1.54) is 16.9 Å². The lowest BCUT2D eigenvalue weighted by Gasteiger charge is -2.04. The fraction of sp³-hybridized carbons (Fsp3) is 0.267. The lowest BCUT2D eigenvalue weighted by molar-refractivity contribution is 0.797. The normalized spacial score (nSPS) is 14.8. The van der Waals surface area contributed by atoms with E-state index in [1.54, 1.807) is 0 Å². The monoisotopic (exact) mass is 254 g/mol. The molecule has 90 valence electrons. The van der Waals surface area contributed by atoms with E-state index in [1.807, 2.05) is 18.0 Å². The lowest BCUT2D eigenvalue weighted by atomic mass is 10.0. The number of rotatable bonds is 2. The Hall–Kier alpha value is -1.66. The molecular weight excluding hydrogens is 240 g/mol. The highest BCUT2D eigenvalue weighted by molar-refractivity contribution is 8.02. The zero-order chi connectivity index (χ0) is 12.5. The van der Waals surface area contributed by atoms with Crippen molar-refractivity contribution in [3.8, 4) is 6.07 Å². The summed E-state index contributed by atoms with van der Waals surface area (Å²) in [5.74, 6) is 1.18. The predicted octanol–water partition coefficient (Wildman–Crippen LogP) is 4.01. The molecule has 3 heteroatoms. The molecule has 0 fully saturated rings. The van der Waals surface area contributed by atoms with Crippen LogP contribution in [-0.2, 0) is 6.54 Å². The third-order valence-electron chi connectivity index (χ3n) is 3.43. The summed E-state index contributed by atoms with van der Waals surface area (Å²) in [7, 11) is 0. The highest BCUT2D eigenvalue weighted by Crippen LogP contribution is 2.32. The molecule has 1 aromatic carbocycles. The first-order chi connectivity index (χ1) is 8.83. The highest BCUT2D eigenvalue weighted by atomic mass is 32.2. The van der Waals surface area contributed by atoms with E-state index in [2.05, 4.69) is 41.2 Å². The van der Waals surface area contributed by atoms with Crippen LogP contribution in [0.4, 0.5) is 0 Å². The summed E-state index contributed by atoms with van der Waals surface area (Å²) in [5, 5.41) is 12.5. The van der Waals surface area contributed by atoms with Crippen LogP contribution < -0.4 is 0 Å². The van der Waals surface area contributed by atoms with Crippen molar-refractivity contribution in [3.05, 3.63) is 40.9 Å². The summed E-state index contributed by atoms with van der Waals surface area (Å²) < 4.78 is 2.13. The molecule has 0 spiro atoms. The topological polar surface area (TPSA) is 28.7 Å². The quantitative estimate of drug-likeness (QED) is 0.810. The smallest absolute Gasteiger partial charge is 0.101 e. The standard InChI is InChI=1S/C15H14N2S/c1-2-17-9-13(8-16)14-7-11(3-4-15(14)17)12-5-6-18-10-12/h3-4,7,9-10H,2,5-6H2,1H3. The molecule has 18 heavy (non-hydrogen) atoms. The number of aryl methyl sites for hydroxylation is 1. The van der Waals surface area contributed by atoms with Gasteiger partial charge >= 0.3 is 0 Å². The Morgan fingerprint density at radius 1 is 1.44 bits per heavy atom. The molecule has 0 amide bonds. The average Bonchev–Trinajstić information content (AvgIpc) is 3.05. The van der Waals surface area contributed by atoms with Crippen LogP contribution in [0.25, 0.3) is 16.5 Å². The fourth-order valence-corrected chi connectivity index (χ4v) is 3.36. The van der Waals surface area contributed by atoms with Gasteiger partial charge in [0.25, 0.3) is 0 Å². The van der Waals surface area contributed by atoms with Crippen molar-refractivity contribution in [1.82, 2.24) is 4.57 Å². The van der Waals surface area contributed by atoms with Gasteiger partial charge in [0.1, 0.15) is 6.07 Å². The van der Waals surface area contributed by atoms with Crippen molar-refractivity contribution in [2.45, 2.75) is 19.9 Å². The molecule has 2 aromatic rings. The predicted molar refractivity (Wildman–Crippen MR) is 77.4 cm³/mol. The molecule has 0 unspecified atom stereocenters. The molecule has 0 saturated heterocycles. The number of nitriles is 1. The van der Waals surface area contributed by atoms with Gasteiger partial charge in [0.2, 0.25) is 0 Å². The Kier molecular flexibility index (Phi) is 2.89. The number of nitrogens with zero attached hydrogens (tertiary/aromatic N) is 2. The van der Waals surface area contributed by atoms with Gasteiger partial charge in [-0.3, -0.25) is 0 Å². The number of aromatic nitrogens is 1. The second-order valence-corrected chi connectivity index (χ2v) is 5.41. The zero-order valence-corrected chi connectivity index (χ0v) is 11.1. The highest BCUT2D eigenvalue weighted by Gasteiger charge is 2.12. The van der Waals surface area contributed by atoms with Crippen LogP contribution >= 0.6 is 11.8 Å². The van der Waals surface area contributed by atoms with Gasteiger partial charge < -0.3 is 4.57 Å². The fourth-order valence-electron chi connectivity index (χ4n) is 2.45. The van der Waals surface area contributed by atoms with Crippen LogP contribution in [0.3, 0.4) is 0 Å². The third kappa shape index (κ3) is 1.74. The van der Waals surface area contributed by atoms with Gasteiger partial charge in [-0.1, -0.05) is 6.07 Å². The number of fused-ring (bicyclic) bond motifs is 1. The Morgan fingerprint density at radius 3 is 3.00 bits per heavy atom. The van der Waals surface area contributed by atoms with Gasteiger partial charge in [-0.05, 0) is 42.0 Å². The van der Waals surface area contributed by atoms with Gasteiger partial charge in [-0.15, -0.1) is 11.8 Å². The van der Waals surface area contributed by atoms with E-state index in [9.17, 15) is 5.26 Å². The molecule has 0 N–H and O–H groups in total. The van der Waals surface area contributed by atoms with E-state index in [0.717, 1.165) is 29.4 Å². The van der Waals surface area contributed by atoms with Crippen molar-refractivity contribution in [2.75, 3.05) is 5.75 Å². The molecule has 2 nitrogen and oxygen atoms in total. The summed E-state index contributed by atoms with van der Waals surface area (Å²) in [6.45, 7) is 3.00. The van der Waals surface area contributed by atoms with Crippen LogP contribution in [0.1, 0.15) is 24.5 Å². The van der Waals surface area contributed by atoms with Gasteiger partial charge in [-0.25, -0.2) is 0 Å². The maximum Gasteiger partial charge on any atom is 0.101 e. The molecule has 1 aliphatic rings. The number of hydrogen-bond donors (Lipinski definition) is 0. The van der Waals surface area contributed by atoms with Crippen LogP contribution in [-0.4, -0.2) is 10.3 Å². The maximum atomic E-state index is 9.22. The molecular formula is C15H14N2S. The number of allylic oxidation sites excluding steroid dienone is 1. The summed E-state index contributed by atoms with van der Waals surface area (Å²) in [6, 6.07) is 8.77. The number of hydrogen-bond acceptors (Lipinski definition) is 2. The molecule has 0 aliphatic carbocycles. The van der Waals surface area contributed by atoms with Crippen molar-refractivity contribution in [1.29, 1.82) is 5.26 Å². The molecule has 0 bridgehead atoms. The van der Waals surface area contributed by atoms with Crippen LogP contribution in [0.5, 0.6) is 0 Å². The molecule has 2 heterocycles. The maximum absolute atomic E-state index is 9.22. The van der Waals surface area contributed by atoms with E-state index >= 15 is 0 Å². The first-order valence-corrected chi connectivity index (χ1v) is 7.22. The molecule has 1 aromatic heterocycles. The minimum atomic E-state index is 0.778. The van der Waals surface area contributed by atoms with Crippen molar-refractivity contribution < 1.29 is 0 Å². The Labute approximate surface area is 111 Å². The van der Waals surface area contributed by atoms with Crippen LogP contribution in [0.2, 0.25) is 0 Å². The van der Waals surface area contributed by atoms with Crippen LogP contribution in [0, 0.1) is 11.3 Å².